The Hall–Kier alpha value is -0.950. The van der Waals surface area contributed by atoms with Crippen LogP contribution in [-0.4, -0.2) is 44.6 Å². The average molecular weight is 330 g/mol. The van der Waals surface area contributed by atoms with Crippen LogP contribution in [-0.2, 0) is 21.3 Å². The van der Waals surface area contributed by atoms with Gasteiger partial charge in [-0.3, -0.25) is 9.19 Å². The van der Waals surface area contributed by atoms with Gasteiger partial charge >= 0.3 is 6.09 Å². The smallest absolute Gasteiger partial charge is 0.410 e. The van der Waals surface area contributed by atoms with E-state index in [1.807, 2.05) is 20.8 Å². The second kappa shape index (κ2) is 6.87. The van der Waals surface area contributed by atoms with Gasteiger partial charge in [0.05, 0.1) is 11.3 Å². The molecule has 1 aliphatic heterocycles. The number of hydrogen-bond acceptors (Lipinski definition) is 5. The minimum atomic E-state index is -0.895. The van der Waals surface area contributed by atoms with Gasteiger partial charge < -0.3 is 9.64 Å². The molecule has 0 radical (unpaired) electrons. The van der Waals surface area contributed by atoms with Crippen LogP contribution in [0.15, 0.2) is 11.7 Å². The number of aromatic nitrogens is 1. The van der Waals surface area contributed by atoms with E-state index < -0.39 is 16.4 Å². The summed E-state index contributed by atoms with van der Waals surface area (Å²) >= 11 is 1.53. The molecule has 0 unspecified atom stereocenters. The lowest BCUT2D eigenvalue weighted by Crippen LogP contribution is -2.35. The predicted octanol–water partition coefficient (Wildman–Crippen LogP) is 2.65. The third-order valence-corrected chi connectivity index (χ3v) is 5.58. The highest BCUT2D eigenvalue weighted by Crippen LogP contribution is 2.21. The summed E-state index contributed by atoms with van der Waals surface area (Å²) in [4.78, 5) is 18.7. The maximum atomic E-state index is 12.1. The van der Waals surface area contributed by atoms with Crippen molar-refractivity contribution in [2.75, 3.05) is 18.8 Å². The molecule has 7 heteroatoms. The Bertz CT molecular complexity index is 497. The Kier molecular flexibility index (Phi) is 5.37. The first-order valence-corrected chi connectivity index (χ1v) is 9.40. The summed E-state index contributed by atoms with van der Waals surface area (Å²) in [6.07, 6.45) is 2.40. The molecule has 2 atom stereocenters. The van der Waals surface area contributed by atoms with Crippen LogP contribution in [0.1, 0.15) is 32.1 Å². The van der Waals surface area contributed by atoms with Crippen molar-refractivity contribution in [3.05, 3.63) is 16.6 Å². The van der Waals surface area contributed by atoms with Crippen molar-refractivity contribution in [3.63, 3.8) is 0 Å². The van der Waals surface area contributed by atoms with Gasteiger partial charge in [0, 0.05) is 40.7 Å². The van der Waals surface area contributed by atoms with Gasteiger partial charge in [0.2, 0.25) is 0 Å². The van der Waals surface area contributed by atoms with Crippen molar-refractivity contribution >= 4 is 28.2 Å². The zero-order valence-corrected chi connectivity index (χ0v) is 14.3. The fraction of sp³-hybridized carbons (Fsp3) is 0.714. The zero-order chi connectivity index (χ0) is 15.5. The first kappa shape index (κ1) is 16.4. The quantitative estimate of drug-likeness (QED) is 0.851. The number of carbonyl (C=O) groups is 1. The molecule has 0 spiro atoms. The number of rotatable bonds is 4. The van der Waals surface area contributed by atoms with E-state index in [4.69, 9.17) is 4.74 Å². The number of thiazole rings is 1. The average Bonchev–Trinajstić information content (AvgIpc) is 2.98. The zero-order valence-electron chi connectivity index (χ0n) is 12.7. The van der Waals surface area contributed by atoms with Gasteiger partial charge in [-0.15, -0.1) is 11.3 Å². The van der Waals surface area contributed by atoms with E-state index >= 15 is 0 Å². The second-order valence-corrected chi connectivity index (χ2v) is 8.77. The van der Waals surface area contributed by atoms with Crippen molar-refractivity contribution in [2.24, 2.45) is 5.92 Å². The van der Waals surface area contributed by atoms with Crippen LogP contribution in [0.25, 0.3) is 0 Å². The summed E-state index contributed by atoms with van der Waals surface area (Å²) in [5.41, 5.74) is 1.29. The van der Waals surface area contributed by atoms with E-state index in [1.165, 1.54) is 11.3 Å². The lowest BCUT2D eigenvalue weighted by Gasteiger charge is -2.24. The Balaban J connectivity index is 1.77. The summed E-state index contributed by atoms with van der Waals surface area (Å²) in [5.74, 6) is 1.50. The molecule has 0 saturated carbocycles. The Morgan fingerprint density at radius 2 is 2.33 bits per heavy atom. The SMILES string of the molecule is CC(C)(C)OC(=O)N1CC[C@H](C[S@](=O)Cc2cncs2)C1. The molecule has 0 N–H and O–H groups in total. The Morgan fingerprint density at radius 1 is 1.57 bits per heavy atom. The van der Waals surface area contributed by atoms with Crippen LogP contribution in [0.3, 0.4) is 0 Å². The van der Waals surface area contributed by atoms with Gasteiger partial charge in [0.1, 0.15) is 5.60 Å². The molecular formula is C14H22N2O3S2. The van der Waals surface area contributed by atoms with Gasteiger partial charge in [-0.2, -0.15) is 0 Å². The number of ether oxygens (including phenoxy) is 1. The maximum Gasteiger partial charge on any atom is 0.410 e. The Morgan fingerprint density at radius 3 is 2.95 bits per heavy atom. The molecule has 1 saturated heterocycles. The van der Waals surface area contributed by atoms with Crippen LogP contribution in [0, 0.1) is 5.92 Å². The van der Waals surface area contributed by atoms with E-state index in [2.05, 4.69) is 4.98 Å². The Labute approximate surface area is 132 Å². The topological polar surface area (TPSA) is 59.5 Å². The molecular weight excluding hydrogens is 308 g/mol. The first-order valence-electron chi connectivity index (χ1n) is 7.04. The molecule has 0 aromatic carbocycles. The molecule has 5 nitrogen and oxygen atoms in total. The van der Waals surface area contributed by atoms with Gasteiger partial charge in [-0.05, 0) is 33.1 Å². The van der Waals surface area contributed by atoms with Crippen molar-refractivity contribution in [2.45, 2.75) is 38.5 Å². The van der Waals surface area contributed by atoms with Crippen LogP contribution in [0.2, 0.25) is 0 Å². The normalized spacial score (nSPS) is 20.5. The van der Waals surface area contributed by atoms with Crippen LogP contribution in [0.5, 0.6) is 0 Å². The summed E-state index contributed by atoms with van der Waals surface area (Å²) in [6.45, 7) is 6.93. The largest absolute Gasteiger partial charge is 0.444 e. The van der Waals surface area contributed by atoms with Gasteiger partial charge in [0.25, 0.3) is 0 Å². The number of hydrogen-bond donors (Lipinski definition) is 0. The molecule has 21 heavy (non-hydrogen) atoms. The lowest BCUT2D eigenvalue weighted by molar-refractivity contribution is 0.0289. The van der Waals surface area contributed by atoms with E-state index in [-0.39, 0.29) is 6.09 Å². The highest BCUT2D eigenvalue weighted by molar-refractivity contribution is 7.84. The lowest BCUT2D eigenvalue weighted by atomic mass is 10.2. The number of amides is 1. The fourth-order valence-electron chi connectivity index (χ4n) is 2.25. The molecule has 1 aliphatic rings. The number of likely N-dealkylation sites (tertiary alicyclic amines) is 1. The predicted molar refractivity (Wildman–Crippen MR) is 84.7 cm³/mol. The highest BCUT2D eigenvalue weighted by Gasteiger charge is 2.30. The van der Waals surface area contributed by atoms with E-state index in [9.17, 15) is 9.00 Å². The van der Waals surface area contributed by atoms with E-state index in [0.717, 1.165) is 11.3 Å². The maximum absolute atomic E-state index is 12.1. The fourth-order valence-corrected chi connectivity index (χ4v) is 4.61. The van der Waals surface area contributed by atoms with Crippen molar-refractivity contribution in [1.29, 1.82) is 0 Å². The summed E-state index contributed by atoms with van der Waals surface area (Å²) in [6, 6.07) is 0. The molecule has 1 fully saturated rings. The first-order chi connectivity index (χ1) is 9.83. The van der Waals surface area contributed by atoms with Gasteiger partial charge in [-0.1, -0.05) is 0 Å². The number of nitrogens with zero attached hydrogens (tertiary/aromatic N) is 2. The monoisotopic (exact) mass is 330 g/mol. The second-order valence-electron chi connectivity index (χ2n) is 6.30. The molecule has 1 aromatic heterocycles. The summed E-state index contributed by atoms with van der Waals surface area (Å²) in [7, 11) is -0.895. The molecule has 118 valence electrons. The van der Waals surface area contributed by atoms with E-state index in [0.29, 0.717) is 30.5 Å². The molecule has 2 heterocycles. The third kappa shape index (κ3) is 5.39. The van der Waals surface area contributed by atoms with Gasteiger partial charge in [-0.25, -0.2) is 4.79 Å². The molecule has 2 rings (SSSR count). The molecule has 0 aliphatic carbocycles. The summed E-state index contributed by atoms with van der Waals surface area (Å²) < 4.78 is 17.5. The van der Waals surface area contributed by atoms with Crippen molar-refractivity contribution < 1.29 is 13.7 Å². The highest BCUT2D eigenvalue weighted by atomic mass is 32.2. The van der Waals surface area contributed by atoms with Crippen LogP contribution in [0.4, 0.5) is 4.79 Å². The van der Waals surface area contributed by atoms with Crippen LogP contribution >= 0.6 is 11.3 Å². The van der Waals surface area contributed by atoms with Gasteiger partial charge in [0.15, 0.2) is 0 Å². The molecule has 0 bridgehead atoms. The van der Waals surface area contributed by atoms with Crippen LogP contribution < -0.4 is 0 Å². The molecule has 1 amide bonds. The van der Waals surface area contributed by atoms with E-state index in [1.54, 1.807) is 16.6 Å². The number of carbonyl (C=O) groups excluding carboxylic acids is 1. The molecule has 1 aromatic rings. The third-order valence-electron chi connectivity index (χ3n) is 3.15. The minimum absolute atomic E-state index is 0.266. The van der Waals surface area contributed by atoms with Crippen molar-refractivity contribution in [3.8, 4) is 0 Å². The van der Waals surface area contributed by atoms with Crippen molar-refractivity contribution in [1.82, 2.24) is 9.88 Å². The minimum Gasteiger partial charge on any atom is -0.444 e. The standard InChI is InChI=1S/C14H22N2O3S2/c1-14(2,3)19-13(17)16-5-4-11(7-16)8-21(18)9-12-6-15-10-20-12/h6,10-11H,4-5,7-9H2,1-3H3/t11-,21-/m0/s1. The summed E-state index contributed by atoms with van der Waals surface area (Å²) in [5, 5.41) is 0.